The summed E-state index contributed by atoms with van der Waals surface area (Å²) in [5, 5.41) is 1.04. The summed E-state index contributed by atoms with van der Waals surface area (Å²) >= 11 is 7.40. The average molecular weight is 287 g/mol. The molecular formula is C11H15ClN4OS. The number of thioether (sulfide) groups is 1. The second kappa shape index (κ2) is 4.93. The molecule has 2 N–H and O–H groups in total. The lowest BCUT2D eigenvalue weighted by atomic mass is 9.89. The second-order valence-electron chi connectivity index (χ2n) is 4.63. The lowest BCUT2D eigenvalue weighted by Gasteiger charge is -2.21. The second-order valence-corrected chi connectivity index (χ2v) is 5.79. The highest BCUT2D eigenvalue weighted by Crippen LogP contribution is 2.33. The normalized spacial score (nSPS) is 23.4. The van der Waals surface area contributed by atoms with Gasteiger partial charge in [0, 0.05) is 19.2 Å². The van der Waals surface area contributed by atoms with Crippen molar-refractivity contribution >= 4 is 35.1 Å². The van der Waals surface area contributed by atoms with Crippen molar-refractivity contribution in [1.82, 2.24) is 9.97 Å². The maximum atomic E-state index is 11.4. The predicted molar refractivity (Wildman–Crippen MR) is 73.0 cm³/mol. The molecule has 0 radical (unpaired) electrons. The van der Waals surface area contributed by atoms with Crippen LogP contribution >= 0.6 is 23.4 Å². The summed E-state index contributed by atoms with van der Waals surface area (Å²) in [4.78, 5) is 21.9. The monoisotopic (exact) mass is 286 g/mol. The van der Waals surface area contributed by atoms with Gasteiger partial charge in [0.25, 0.3) is 0 Å². The van der Waals surface area contributed by atoms with E-state index in [0.717, 1.165) is 18.8 Å². The molecule has 1 fully saturated rings. The molecule has 1 saturated heterocycles. The van der Waals surface area contributed by atoms with Gasteiger partial charge in [0.1, 0.15) is 11.0 Å². The molecule has 1 unspecified atom stereocenters. The van der Waals surface area contributed by atoms with Crippen molar-refractivity contribution in [2.45, 2.75) is 18.5 Å². The molecule has 98 valence electrons. The van der Waals surface area contributed by atoms with E-state index in [2.05, 4.69) is 9.97 Å². The highest BCUT2D eigenvalue weighted by molar-refractivity contribution is 7.98. The molecule has 0 aliphatic carbocycles. The fourth-order valence-electron chi connectivity index (χ4n) is 2.00. The van der Waals surface area contributed by atoms with Crippen LogP contribution in [0.25, 0.3) is 0 Å². The van der Waals surface area contributed by atoms with Crippen molar-refractivity contribution in [3.63, 3.8) is 0 Å². The number of primary amides is 1. The van der Waals surface area contributed by atoms with Gasteiger partial charge in [-0.3, -0.25) is 4.79 Å². The van der Waals surface area contributed by atoms with Crippen LogP contribution in [0.5, 0.6) is 0 Å². The summed E-state index contributed by atoms with van der Waals surface area (Å²) < 4.78 is 0. The molecule has 0 aromatic carbocycles. The molecule has 2 rings (SSSR count). The molecule has 1 aliphatic rings. The van der Waals surface area contributed by atoms with Gasteiger partial charge in [-0.25, -0.2) is 9.97 Å². The Bertz CT molecular complexity index is 484. The number of carbonyl (C=O) groups excluding carboxylic acids is 1. The first kappa shape index (κ1) is 13.4. The van der Waals surface area contributed by atoms with E-state index in [0.29, 0.717) is 16.9 Å². The highest BCUT2D eigenvalue weighted by Gasteiger charge is 2.39. The molecule has 1 amide bonds. The van der Waals surface area contributed by atoms with Gasteiger partial charge in [0.2, 0.25) is 5.91 Å². The Morgan fingerprint density at radius 1 is 1.61 bits per heavy atom. The number of halogens is 1. The fourth-order valence-corrected chi connectivity index (χ4v) is 2.60. The van der Waals surface area contributed by atoms with Crippen molar-refractivity contribution in [3.05, 3.63) is 11.2 Å². The molecule has 0 saturated carbocycles. The first-order valence-corrected chi connectivity index (χ1v) is 7.18. The van der Waals surface area contributed by atoms with Gasteiger partial charge in [0.05, 0.1) is 5.41 Å². The standard InChI is InChI=1S/C11H15ClN4OS/c1-11(9(13)17)3-4-16(6-11)8-5-7(12)14-10(15-8)18-2/h5H,3-4,6H2,1-2H3,(H2,13,17). The van der Waals surface area contributed by atoms with Crippen molar-refractivity contribution in [1.29, 1.82) is 0 Å². The lowest BCUT2D eigenvalue weighted by Crippen LogP contribution is -2.37. The minimum atomic E-state index is -0.489. The number of hydrogen-bond acceptors (Lipinski definition) is 5. The number of nitrogens with zero attached hydrogens (tertiary/aromatic N) is 3. The number of aromatic nitrogens is 2. The predicted octanol–water partition coefficient (Wildman–Crippen LogP) is 1.55. The van der Waals surface area contributed by atoms with Gasteiger partial charge in [-0.1, -0.05) is 23.4 Å². The van der Waals surface area contributed by atoms with Crippen LogP contribution in [-0.2, 0) is 4.79 Å². The Kier molecular flexibility index (Phi) is 3.68. The lowest BCUT2D eigenvalue weighted by molar-refractivity contribution is -0.125. The minimum Gasteiger partial charge on any atom is -0.369 e. The SMILES string of the molecule is CSc1nc(Cl)cc(N2CCC(C)(C(N)=O)C2)n1. The van der Waals surface area contributed by atoms with Crippen molar-refractivity contribution in [2.75, 3.05) is 24.2 Å². The van der Waals surface area contributed by atoms with E-state index in [1.807, 2.05) is 18.1 Å². The maximum Gasteiger partial charge on any atom is 0.225 e. The summed E-state index contributed by atoms with van der Waals surface area (Å²) in [5.41, 5.74) is 4.94. The van der Waals surface area contributed by atoms with Crippen molar-refractivity contribution in [2.24, 2.45) is 11.1 Å². The molecule has 5 nitrogen and oxygen atoms in total. The van der Waals surface area contributed by atoms with Crippen LogP contribution in [0.2, 0.25) is 5.15 Å². The van der Waals surface area contributed by atoms with Crippen LogP contribution in [0.4, 0.5) is 5.82 Å². The van der Waals surface area contributed by atoms with E-state index in [9.17, 15) is 4.79 Å². The molecule has 1 aliphatic heterocycles. The van der Waals surface area contributed by atoms with Gasteiger partial charge >= 0.3 is 0 Å². The van der Waals surface area contributed by atoms with Crippen LogP contribution in [0.1, 0.15) is 13.3 Å². The molecular weight excluding hydrogens is 272 g/mol. The van der Waals surface area contributed by atoms with Gasteiger partial charge in [-0.05, 0) is 19.6 Å². The van der Waals surface area contributed by atoms with Gasteiger partial charge < -0.3 is 10.6 Å². The smallest absolute Gasteiger partial charge is 0.225 e. The summed E-state index contributed by atoms with van der Waals surface area (Å²) in [6, 6.07) is 1.72. The third-order valence-electron chi connectivity index (χ3n) is 3.24. The molecule has 18 heavy (non-hydrogen) atoms. The quantitative estimate of drug-likeness (QED) is 0.519. The summed E-state index contributed by atoms with van der Waals surface area (Å²) in [7, 11) is 0. The topological polar surface area (TPSA) is 72.1 Å². The molecule has 7 heteroatoms. The van der Waals surface area contributed by atoms with Gasteiger partial charge in [0.15, 0.2) is 5.16 Å². The van der Waals surface area contributed by atoms with E-state index < -0.39 is 5.41 Å². The van der Waals surface area contributed by atoms with E-state index >= 15 is 0 Å². The Hall–Kier alpha value is -1.01. The van der Waals surface area contributed by atoms with E-state index in [-0.39, 0.29) is 5.91 Å². The number of nitrogens with two attached hydrogens (primary N) is 1. The zero-order valence-corrected chi connectivity index (χ0v) is 11.9. The van der Waals surface area contributed by atoms with Gasteiger partial charge in [-0.2, -0.15) is 0 Å². The third-order valence-corrected chi connectivity index (χ3v) is 3.98. The van der Waals surface area contributed by atoms with Crippen LogP contribution in [0.15, 0.2) is 11.2 Å². The van der Waals surface area contributed by atoms with E-state index in [1.165, 1.54) is 11.8 Å². The van der Waals surface area contributed by atoms with Gasteiger partial charge in [-0.15, -0.1) is 0 Å². The summed E-state index contributed by atoms with van der Waals surface area (Å²) in [6.45, 7) is 3.21. The minimum absolute atomic E-state index is 0.268. The number of rotatable bonds is 3. The number of carbonyl (C=O) groups is 1. The molecule has 1 aromatic rings. The number of hydrogen-bond donors (Lipinski definition) is 1. The van der Waals surface area contributed by atoms with Crippen molar-refractivity contribution < 1.29 is 4.79 Å². The van der Waals surface area contributed by atoms with E-state index in [4.69, 9.17) is 17.3 Å². The fraction of sp³-hybridized carbons (Fsp3) is 0.545. The summed E-state index contributed by atoms with van der Waals surface area (Å²) in [6.07, 6.45) is 2.63. The largest absolute Gasteiger partial charge is 0.369 e. The number of amides is 1. The molecule has 1 aromatic heterocycles. The number of anilines is 1. The zero-order valence-electron chi connectivity index (χ0n) is 10.3. The molecule has 0 spiro atoms. The Morgan fingerprint density at radius 3 is 2.89 bits per heavy atom. The highest BCUT2D eigenvalue weighted by atomic mass is 35.5. The Balaban J connectivity index is 2.24. The van der Waals surface area contributed by atoms with Crippen LogP contribution in [0.3, 0.4) is 0 Å². The Labute approximate surface area is 115 Å². The van der Waals surface area contributed by atoms with Crippen LogP contribution in [-0.4, -0.2) is 35.2 Å². The Morgan fingerprint density at radius 2 is 2.33 bits per heavy atom. The van der Waals surface area contributed by atoms with Crippen LogP contribution in [0, 0.1) is 5.41 Å². The molecule has 2 heterocycles. The summed E-state index contributed by atoms with van der Waals surface area (Å²) in [5.74, 6) is 0.486. The van der Waals surface area contributed by atoms with Crippen molar-refractivity contribution in [3.8, 4) is 0 Å². The average Bonchev–Trinajstić information content (AvgIpc) is 2.72. The zero-order chi connectivity index (χ0) is 13.3. The van der Waals surface area contributed by atoms with Crippen LogP contribution < -0.4 is 10.6 Å². The van der Waals surface area contributed by atoms with E-state index in [1.54, 1.807) is 6.07 Å². The first-order valence-electron chi connectivity index (χ1n) is 5.58. The molecule has 1 atom stereocenters. The maximum absolute atomic E-state index is 11.4. The third kappa shape index (κ3) is 2.54. The molecule has 0 bridgehead atoms. The first-order chi connectivity index (χ1) is 8.44.